The van der Waals surface area contributed by atoms with Crippen LogP contribution >= 0.6 is 11.6 Å². The van der Waals surface area contributed by atoms with Crippen LogP contribution < -0.4 is 5.32 Å². The number of carbonyl (C=O) groups excluding carboxylic acids is 1. The highest BCUT2D eigenvalue weighted by Gasteiger charge is 2.35. The molecule has 1 aromatic carbocycles. The molecule has 2 N–H and O–H groups in total. The van der Waals surface area contributed by atoms with E-state index in [-0.39, 0.29) is 5.91 Å². The van der Waals surface area contributed by atoms with E-state index >= 15 is 0 Å². The third-order valence-corrected chi connectivity index (χ3v) is 3.60. The van der Waals surface area contributed by atoms with Gasteiger partial charge in [-0.3, -0.25) is 4.79 Å². The van der Waals surface area contributed by atoms with Gasteiger partial charge in [-0.05, 0) is 38.0 Å². The summed E-state index contributed by atoms with van der Waals surface area (Å²) in [5, 5.41) is 12.5. The van der Waals surface area contributed by atoms with Crippen LogP contribution in [0, 0.1) is 0 Å². The number of carbonyl (C=O) groups is 2. The van der Waals surface area contributed by atoms with Crippen molar-refractivity contribution in [3.8, 4) is 0 Å². The molecule has 110 valence electrons. The molecule has 4 nitrogen and oxygen atoms in total. The Morgan fingerprint density at radius 3 is 2.60 bits per heavy atom. The number of amides is 1. The summed E-state index contributed by atoms with van der Waals surface area (Å²) in [7, 11) is 0. The highest BCUT2D eigenvalue weighted by Crippen LogP contribution is 2.21. The van der Waals surface area contributed by atoms with Crippen LogP contribution in [0.5, 0.6) is 0 Å². The van der Waals surface area contributed by atoms with E-state index in [0.29, 0.717) is 17.9 Å². The lowest BCUT2D eigenvalue weighted by atomic mass is 9.93. The Morgan fingerprint density at radius 1 is 1.45 bits per heavy atom. The van der Waals surface area contributed by atoms with Gasteiger partial charge in [0.25, 0.3) is 0 Å². The first-order valence-corrected chi connectivity index (χ1v) is 6.99. The first kappa shape index (κ1) is 16.5. The standard InChI is InChI=1S/C15H20ClNO3/c1-4-8-15(3,14(19)20)17-13(18)10(2)11-6-5-7-12(16)9-11/h5-7,9-10H,4,8H2,1-3H3,(H,17,18)(H,19,20). The van der Waals surface area contributed by atoms with Gasteiger partial charge in [-0.15, -0.1) is 0 Å². The zero-order valence-corrected chi connectivity index (χ0v) is 12.7. The second-order valence-corrected chi connectivity index (χ2v) is 5.59. The fourth-order valence-electron chi connectivity index (χ4n) is 2.03. The molecule has 0 aromatic heterocycles. The maximum Gasteiger partial charge on any atom is 0.329 e. The van der Waals surface area contributed by atoms with Crippen molar-refractivity contribution in [3.05, 3.63) is 34.9 Å². The fourth-order valence-corrected chi connectivity index (χ4v) is 2.23. The second kappa shape index (κ2) is 6.75. The van der Waals surface area contributed by atoms with E-state index in [1.165, 1.54) is 6.92 Å². The topological polar surface area (TPSA) is 66.4 Å². The van der Waals surface area contributed by atoms with E-state index in [2.05, 4.69) is 5.32 Å². The van der Waals surface area contributed by atoms with Gasteiger partial charge in [-0.2, -0.15) is 0 Å². The van der Waals surface area contributed by atoms with Gasteiger partial charge < -0.3 is 10.4 Å². The Hall–Kier alpha value is -1.55. The summed E-state index contributed by atoms with van der Waals surface area (Å²) in [6.07, 6.45) is 1.06. The second-order valence-electron chi connectivity index (χ2n) is 5.15. The van der Waals surface area contributed by atoms with Gasteiger partial charge in [0.05, 0.1) is 5.92 Å². The van der Waals surface area contributed by atoms with Crippen LogP contribution in [-0.2, 0) is 9.59 Å². The lowest BCUT2D eigenvalue weighted by Crippen LogP contribution is -2.53. The van der Waals surface area contributed by atoms with Crippen LogP contribution in [0.2, 0.25) is 5.02 Å². The molecule has 1 aromatic rings. The van der Waals surface area contributed by atoms with E-state index in [0.717, 1.165) is 5.56 Å². The largest absolute Gasteiger partial charge is 0.480 e. The molecule has 0 saturated heterocycles. The maximum absolute atomic E-state index is 12.2. The number of aliphatic carboxylic acids is 1. The molecule has 0 saturated carbocycles. The Labute approximate surface area is 124 Å². The highest BCUT2D eigenvalue weighted by atomic mass is 35.5. The first-order chi connectivity index (χ1) is 9.30. The molecule has 0 aliphatic carbocycles. The molecule has 0 aliphatic heterocycles. The summed E-state index contributed by atoms with van der Waals surface area (Å²) in [6, 6.07) is 7.01. The molecule has 0 fully saturated rings. The van der Waals surface area contributed by atoms with Gasteiger partial charge in [-0.1, -0.05) is 37.1 Å². The molecule has 0 spiro atoms. The van der Waals surface area contributed by atoms with Crippen LogP contribution in [0.1, 0.15) is 45.1 Å². The fraction of sp³-hybridized carbons (Fsp3) is 0.467. The monoisotopic (exact) mass is 297 g/mol. The predicted molar refractivity (Wildman–Crippen MR) is 79.0 cm³/mol. The van der Waals surface area contributed by atoms with Crippen molar-refractivity contribution in [2.75, 3.05) is 0 Å². The third kappa shape index (κ3) is 3.97. The number of nitrogens with one attached hydrogen (secondary N) is 1. The van der Waals surface area contributed by atoms with Crippen molar-refractivity contribution < 1.29 is 14.7 Å². The van der Waals surface area contributed by atoms with E-state index < -0.39 is 17.4 Å². The third-order valence-electron chi connectivity index (χ3n) is 3.36. The van der Waals surface area contributed by atoms with Gasteiger partial charge >= 0.3 is 5.97 Å². The average molecular weight is 298 g/mol. The number of benzene rings is 1. The predicted octanol–water partition coefficient (Wildman–Crippen LogP) is 3.20. The quantitative estimate of drug-likeness (QED) is 0.847. The van der Waals surface area contributed by atoms with Gasteiger partial charge in [0.15, 0.2) is 0 Å². The Kier molecular flexibility index (Phi) is 5.57. The summed E-state index contributed by atoms with van der Waals surface area (Å²) in [6.45, 7) is 5.14. The van der Waals surface area contributed by atoms with Crippen molar-refractivity contribution in [2.24, 2.45) is 0 Å². The van der Waals surface area contributed by atoms with Crippen LogP contribution in [0.4, 0.5) is 0 Å². The Morgan fingerprint density at radius 2 is 2.10 bits per heavy atom. The molecular weight excluding hydrogens is 278 g/mol. The van der Waals surface area contributed by atoms with E-state index in [1.54, 1.807) is 31.2 Å². The molecule has 0 heterocycles. The SMILES string of the molecule is CCCC(C)(NC(=O)C(C)c1cccc(Cl)c1)C(=O)O. The summed E-state index contributed by atoms with van der Waals surface area (Å²) in [5.74, 6) is -1.79. The van der Waals surface area contributed by atoms with Crippen molar-refractivity contribution in [2.45, 2.75) is 45.1 Å². The summed E-state index contributed by atoms with van der Waals surface area (Å²) >= 11 is 5.90. The van der Waals surface area contributed by atoms with E-state index in [9.17, 15) is 14.7 Å². The summed E-state index contributed by atoms with van der Waals surface area (Å²) in [4.78, 5) is 23.6. The smallest absolute Gasteiger partial charge is 0.329 e. The van der Waals surface area contributed by atoms with Crippen LogP contribution in [-0.4, -0.2) is 22.5 Å². The number of halogens is 1. The first-order valence-electron chi connectivity index (χ1n) is 6.61. The van der Waals surface area contributed by atoms with Crippen molar-refractivity contribution in [1.29, 1.82) is 0 Å². The number of hydrogen-bond donors (Lipinski definition) is 2. The van der Waals surface area contributed by atoms with Crippen molar-refractivity contribution >= 4 is 23.5 Å². The van der Waals surface area contributed by atoms with Gasteiger partial charge in [0.2, 0.25) is 5.91 Å². The molecule has 20 heavy (non-hydrogen) atoms. The molecule has 0 bridgehead atoms. The normalized spacial score (nSPS) is 15.2. The number of carboxylic acid groups (broad SMARTS) is 1. The van der Waals surface area contributed by atoms with Gasteiger partial charge in [0.1, 0.15) is 5.54 Å². The van der Waals surface area contributed by atoms with Gasteiger partial charge in [0, 0.05) is 5.02 Å². The lowest BCUT2D eigenvalue weighted by molar-refractivity contribution is -0.147. The Bertz CT molecular complexity index is 504. The zero-order valence-electron chi connectivity index (χ0n) is 11.9. The highest BCUT2D eigenvalue weighted by molar-refractivity contribution is 6.30. The molecule has 5 heteroatoms. The van der Waals surface area contributed by atoms with Crippen molar-refractivity contribution in [1.82, 2.24) is 5.32 Å². The lowest BCUT2D eigenvalue weighted by Gasteiger charge is -2.27. The van der Waals surface area contributed by atoms with E-state index in [1.807, 2.05) is 6.92 Å². The number of carboxylic acids is 1. The molecule has 0 radical (unpaired) electrons. The van der Waals surface area contributed by atoms with E-state index in [4.69, 9.17) is 11.6 Å². The summed E-state index contributed by atoms with van der Waals surface area (Å²) in [5.41, 5.74) is -0.474. The minimum Gasteiger partial charge on any atom is -0.480 e. The van der Waals surface area contributed by atoms with Crippen LogP contribution in [0.3, 0.4) is 0 Å². The van der Waals surface area contributed by atoms with Crippen LogP contribution in [0.15, 0.2) is 24.3 Å². The molecule has 1 amide bonds. The zero-order chi connectivity index (χ0) is 15.3. The molecular formula is C15H20ClNO3. The minimum absolute atomic E-state index is 0.314. The summed E-state index contributed by atoms with van der Waals surface area (Å²) < 4.78 is 0. The molecule has 2 unspecified atom stereocenters. The molecule has 2 atom stereocenters. The van der Waals surface area contributed by atoms with Gasteiger partial charge in [-0.25, -0.2) is 4.79 Å². The van der Waals surface area contributed by atoms with Crippen LogP contribution in [0.25, 0.3) is 0 Å². The average Bonchev–Trinajstić information content (AvgIpc) is 2.37. The maximum atomic E-state index is 12.2. The number of rotatable bonds is 6. The number of hydrogen-bond acceptors (Lipinski definition) is 2. The molecule has 0 aliphatic rings. The Balaban J connectivity index is 2.86. The minimum atomic E-state index is -1.24. The molecule has 1 rings (SSSR count). The van der Waals surface area contributed by atoms with Crippen molar-refractivity contribution in [3.63, 3.8) is 0 Å².